The fourth-order valence-electron chi connectivity index (χ4n) is 2.47. The number of ether oxygens (including phenoxy) is 2. The van der Waals surface area contributed by atoms with Gasteiger partial charge in [-0.05, 0) is 44.0 Å². The average Bonchev–Trinajstić information content (AvgIpc) is 2.65. The van der Waals surface area contributed by atoms with Gasteiger partial charge >= 0.3 is 18.0 Å². The fraction of sp³-hybridized carbons (Fsp3) is 0.318. The molecule has 2 N–H and O–H groups in total. The third kappa shape index (κ3) is 7.65. The van der Waals surface area contributed by atoms with Crippen molar-refractivity contribution in [2.75, 3.05) is 0 Å². The Kier molecular flexibility index (Phi) is 7.36. The molecule has 2 aromatic carbocycles. The van der Waals surface area contributed by atoms with E-state index in [9.17, 15) is 19.5 Å². The number of esters is 1. The molecule has 154 valence electrons. The molecule has 7 heteroatoms. The average molecular weight is 399 g/mol. The molecule has 0 aliphatic rings. The van der Waals surface area contributed by atoms with Crippen molar-refractivity contribution in [2.24, 2.45) is 0 Å². The summed E-state index contributed by atoms with van der Waals surface area (Å²) in [6.07, 6.45) is -0.750. The van der Waals surface area contributed by atoms with E-state index in [4.69, 9.17) is 9.47 Å². The molecule has 2 aromatic rings. The summed E-state index contributed by atoms with van der Waals surface area (Å²) in [5.74, 6) is -1.65. The molecule has 29 heavy (non-hydrogen) atoms. The van der Waals surface area contributed by atoms with E-state index in [1.807, 2.05) is 30.3 Å². The van der Waals surface area contributed by atoms with Crippen LogP contribution < -0.4 is 5.32 Å². The van der Waals surface area contributed by atoms with Gasteiger partial charge in [-0.2, -0.15) is 0 Å². The predicted octanol–water partition coefficient (Wildman–Crippen LogP) is 3.56. The first kappa shape index (κ1) is 21.9. The molecular weight excluding hydrogens is 374 g/mol. The Balaban J connectivity index is 1.94. The number of carbonyl (C=O) groups excluding carboxylic acids is 2. The summed E-state index contributed by atoms with van der Waals surface area (Å²) < 4.78 is 10.4. The lowest BCUT2D eigenvalue weighted by molar-refractivity contribution is -0.139. The van der Waals surface area contributed by atoms with Gasteiger partial charge in [-0.25, -0.2) is 14.4 Å². The first-order chi connectivity index (χ1) is 13.6. The van der Waals surface area contributed by atoms with Gasteiger partial charge in [-0.15, -0.1) is 0 Å². The molecule has 0 aliphatic heterocycles. The van der Waals surface area contributed by atoms with Crippen molar-refractivity contribution in [3.63, 3.8) is 0 Å². The zero-order valence-corrected chi connectivity index (χ0v) is 16.7. The second kappa shape index (κ2) is 9.73. The van der Waals surface area contributed by atoms with E-state index in [2.05, 4.69) is 5.32 Å². The molecule has 0 aromatic heterocycles. The number of rotatable bonds is 7. The molecular formula is C22H25NO6. The smallest absolute Gasteiger partial charge is 0.408 e. The van der Waals surface area contributed by atoms with Crippen LogP contribution >= 0.6 is 0 Å². The number of carboxylic acid groups (broad SMARTS) is 1. The van der Waals surface area contributed by atoms with Gasteiger partial charge in [-0.3, -0.25) is 0 Å². The molecule has 0 saturated carbocycles. The zero-order valence-electron chi connectivity index (χ0n) is 16.7. The number of benzene rings is 2. The number of aliphatic carboxylic acids is 1. The summed E-state index contributed by atoms with van der Waals surface area (Å²) in [5.41, 5.74) is 1.16. The number of hydrogen-bond acceptors (Lipinski definition) is 5. The number of nitrogens with one attached hydrogen (secondary N) is 1. The third-order valence-electron chi connectivity index (χ3n) is 3.83. The highest BCUT2D eigenvalue weighted by Gasteiger charge is 2.24. The van der Waals surface area contributed by atoms with Gasteiger partial charge in [0.2, 0.25) is 0 Å². The Labute approximate surface area is 169 Å². The summed E-state index contributed by atoms with van der Waals surface area (Å²) in [5, 5.41) is 11.7. The van der Waals surface area contributed by atoms with E-state index >= 15 is 0 Å². The van der Waals surface area contributed by atoms with Crippen LogP contribution in [-0.4, -0.2) is 34.8 Å². The Bertz CT molecular complexity index is 840. The minimum Gasteiger partial charge on any atom is -0.480 e. The van der Waals surface area contributed by atoms with Crippen molar-refractivity contribution in [1.82, 2.24) is 5.32 Å². The van der Waals surface area contributed by atoms with Crippen molar-refractivity contribution in [2.45, 2.75) is 45.4 Å². The van der Waals surface area contributed by atoms with Crippen LogP contribution in [0.5, 0.6) is 0 Å². The Morgan fingerprint density at radius 3 is 2.14 bits per heavy atom. The van der Waals surface area contributed by atoms with Gasteiger partial charge in [0.05, 0.1) is 5.56 Å². The molecule has 1 atom stereocenters. The van der Waals surface area contributed by atoms with Crippen LogP contribution in [0.3, 0.4) is 0 Å². The summed E-state index contributed by atoms with van der Waals surface area (Å²) in [6, 6.07) is 14.6. The normalized spacial score (nSPS) is 12.0. The Morgan fingerprint density at radius 2 is 1.59 bits per heavy atom. The van der Waals surface area contributed by atoms with Gasteiger partial charge in [0, 0.05) is 6.42 Å². The number of alkyl carbamates (subject to hydrolysis) is 1. The maximum atomic E-state index is 12.1. The van der Waals surface area contributed by atoms with E-state index in [0.29, 0.717) is 11.1 Å². The summed E-state index contributed by atoms with van der Waals surface area (Å²) in [6.45, 7) is 5.25. The topological polar surface area (TPSA) is 102 Å². The SMILES string of the molecule is CC(C)(C)OC(=O)NC(Cc1ccc(C(=O)OCc2ccccc2)cc1)C(=O)O. The highest BCUT2D eigenvalue weighted by Crippen LogP contribution is 2.12. The predicted molar refractivity (Wildman–Crippen MR) is 107 cm³/mol. The second-order valence-electron chi connectivity index (χ2n) is 7.50. The molecule has 0 radical (unpaired) electrons. The molecule has 0 fully saturated rings. The third-order valence-corrected chi connectivity index (χ3v) is 3.83. The number of hydrogen-bond donors (Lipinski definition) is 2. The van der Waals surface area contributed by atoms with Crippen molar-refractivity contribution >= 4 is 18.0 Å². The summed E-state index contributed by atoms with van der Waals surface area (Å²) >= 11 is 0. The van der Waals surface area contributed by atoms with E-state index in [-0.39, 0.29) is 13.0 Å². The quantitative estimate of drug-likeness (QED) is 0.690. The number of carboxylic acids is 1. The van der Waals surface area contributed by atoms with Crippen LogP contribution in [0.25, 0.3) is 0 Å². The van der Waals surface area contributed by atoms with Crippen LogP contribution in [0.2, 0.25) is 0 Å². The lowest BCUT2D eigenvalue weighted by Crippen LogP contribution is -2.44. The molecule has 0 heterocycles. The Hall–Kier alpha value is -3.35. The maximum absolute atomic E-state index is 12.1. The molecule has 2 rings (SSSR count). The maximum Gasteiger partial charge on any atom is 0.408 e. The van der Waals surface area contributed by atoms with Gasteiger partial charge in [-0.1, -0.05) is 42.5 Å². The molecule has 0 saturated heterocycles. The monoisotopic (exact) mass is 399 g/mol. The van der Waals surface area contributed by atoms with E-state index in [0.717, 1.165) is 5.56 Å². The van der Waals surface area contributed by atoms with E-state index in [1.165, 1.54) is 0 Å². The van der Waals surface area contributed by atoms with Crippen molar-refractivity contribution in [3.05, 3.63) is 71.3 Å². The van der Waals surface area contributed by atoms with Gasteiger partial charge < -0.3 is 19.9 Å². The molecule has 0 bridgehead atoms. The molecule has 0 aliphatic carbocycles. The molecule has 0 spiro atoms. The lowest BCUT2D eigenvalue weighted by atomic mass is 10.0. The largest absolute Gasteiger partial charge is 0.480 e. The standard InChI is InChI=1S/C22H25NO6/c1-22(2,3)29-21(27)23-18(19(24)25)13-15-9-11-17(12-10-15)20(26)28-14-16-7-5-4-6-8-16/h4-12,18H,13-14H2,1-3H3,(H,23,27)(H,24,25). The first-order valence-electron chi connectivity index (χ1n) is 9.16. The van der Waals surface area contributed by atoms with E-state index in [1.54, 1.807) is 45.0 Å². The van der Waals surface area contributed by atoms with Gasteiger partial charge in [0.15, 0.2) is 0 Å². The fourth-order valence-corrected chi connectivity index (χ4v) is 2.47. The number of carbonyl (C=O) groups is 3. The summed E-state index contributed by atoms with van der Waals surface area (Å²) in [7, 11) is 0. The van der Waals surface area contributed by atoms with Crippen LogP contribution in [0.4, 0.5) is 4.79 Å². The molecule has 1 unspecified atom stereocenters. The Morgan fingerprint density at radius 1 is 0.966 bits per heavy atom. The highest BCUT2D eigenvalue weighted by atomic mass is 16.6. The van der Waals surface area contributed by atoms with Crippen LogP contribution in [-0.2, 0) is 27.3 Å². The van der Waals surface area contributed by atoms with Crippen LogP contribution in [0, 0.1) is 0 Å². The van der Waals surface area contributed by atoms with Gasteiger partial charge in [0.1, 0.15) is 18.2 Å². The van der Waals surface area contributed by atoms with Crippen molar-refractivity contribution in [3.8, 4) is 0 Å². The zero-order chi connectivity index (χ0) is 21.4. The van der Waals surface area contributed by atoms with Gasteiger partial charge in [0.25, 0.3) is 0 Å². The minimum absolute atomic E-state index is 0.0495. The van der Waals surface area contributed by atoms with Crippen molar-refractivity contribution in [1.29, 1.82) is 0 Å². The summed E-state index contributed by atoms with van der Waals surface area (Å²) in [4.78, 5) is 35.4. The van der Waals surface area contributed by atoms with Crippen LogP contribution in [0.1, 0.15) is 42.3 Å². The molecule has 7 nitrogen and oxygen atoms in total. The lowest BCUT2D eigenvalue weighted by Gasteiger charge is -2.22. The highest BCUT2D eigenvalue weighted by molar-refractivity contribution is 5.89. The minimum atomic E-state index is -1.18. The van der Waals surface area contributed by atoms with E-state index < -0.39 is 29.7 Å². The first-order valence-corrected chi connectivity index (χ1v) is 9.16. The second-order valence-corrected chi connectivity index (χ2v) is 7.50. The van der Waals surface area contributed by atoms with Crippen molar-refractivity contribution < 1.29 is 29.0 Å². The number of amides is 1. The molecule has 1 amide bonds. The van der Waals surface area contributed by atoms with Crippen LogP contribution in [0.15, 0.2) is 54.6 Å².